The minimum atomic E-state index is -3.52. The van der Waals surface area contributed by atoms with Gasteiger partial charge in [-0.05, 0) is 50.7 Å². The Hall–Kier alpha value is -1.89. The first kappa shape index (κ1) is 15.6. The monoisotopic (exact) mass is 347 g/mol. The molecule has 2 aromatic rings. The van der Waals surface area contributed by atoms with Gasteiger partial charge in [0.05, 0.1) is 5.52 Å². The van der Waals surface area contributed by atoms with Crippen molar-refractivity contribution < 1.29 is 13.2 Å². The van der Waals surface area contributed by atoms with E-state index in [4.69, 9.17) is 0 Å². The Bertz CT molecular complexity index is 910. The number of hydrogen-bond donors (Lipinski definition) is 0. The first-order valence-corrected chi connectivity index (χ1v) is 10.3. The molecule has 0 saturated heterocycles. The normalized spacial score (nSPS) is 19.4. The van der Waals surface area contributed by atoms with E-state index in [0.717, 1.165) is 31.9 Å². The fourth-order valence-electron chi connectivity index (χ4n) is 3.39. The molecule has 0 N–H and O–H groups in total. The molecule has 2 aromatic heterocycles. The van der Waals surface area contributed by atoms with Crippen LogP contribution in [0, 0.1) is 5.92 Å². The molecule has 128 valence electrons. The first-order valence-electron chi connectivity index (χ1n) is 8.37. The zero-order valence-corrected chi connectivity index (χ0v) is 14.7. The molecule has 4 rings (SSSR count). The second-order valence-corrected chi connectivity index (χ2v) is 8.90. The predicted octanol–water partition coefficient (Wildman–Crippen LogP) is 2.14. The SMILES string of the molecule is C[C@@H](C1CC1)N(C(=O)c1nc(S(C)(=O)=O)n2ccccc12)C1CC1. The van der Waals surface area contributed by atoms with Crippen molar-refractivity contribution in [1.82, 2.24) is 14.3 Å². The second-order valence-electron chi connectivity index (χ2n) is 6.99. The van der Waals surface area contributed by atoms with Gasteiger partial charge in [-0.15, -0.1) is 0 Å². The summed E-state index contributed by atoms with van der Waals surface area (Å²) in [6, 6.07) is 5.75. The van der Waals surface area contributed by atoms with Crippen LogP contribution in [0.3, 0.4) is 0 Å². The molecule has 0 aliphatic heterocycles. The van der Waals surface area contributed by atoms with E-state index in [0.29, 0.717) is 11.4 Å². The molecule has 2 aliphatic carbocycles. The molecule has 2 saturated carbocycles. The van der Waals surface area contributed by atoms with Gasteiger partial charge >= 0.3 is 0 Å². The summed E-state index contributed by atoms with van der Waals surface area (Å²) >= 11 is 0. The molecule has 7 heteroatoms. The first-order chi connectivity index (χ1) is 11.4. The number of amides is 1. The van der Waals surface area contributed by atoms with E-state index in [2.05, 4.69) is 11.9 Å². The second kappa shape index (κ2) is 5.31. The van der Waals surface area contributed by atoms with E-state index in [1.165, 1.54) is 4.40 Å². The van der Waals surface area contributed by atoms with E-state index in [1.54, 1.807) is 24.4 Å². The van der Waals surface area contributed by atoms with Crippen molar-refractivity contribution in [2.24, 2.45) is 5.92 Å². The Labute approximate surface area is 141 Å². The fraction of sp³-hybridized carbons (Fsp3) is 0.529. The third-order valence-corrected chi connectivity index (χ3v) is 5.92. The molecule has 0 unspecified atom stereocenters. The van der Waals surface area contributed by atoms with Gasteiger partial charge in [-0.25, -0.2) is 13.4 Å². The highest BCUT2D eigenvalue weighted by molar-refractivity contribution is 7.90. The average molecular weight is 347 g/mol. The Kier molecular flexibility index (Phi) is 3.46. The van der Waals surface area contributed by atoms with Crippen LogP contribution in [0.4, 0.5) is 0 Å². The van der Waals surface area contributed by atoms with Gasteiger partial charge in [0.2, 0.25) is 15.0 Å². The highest BCUT2D eigenvalue weighted by Gasteiger charge is 2.43. The van der Waals surface area contributed by atoms with E-state index in [1.807, 2.05) is 4.90 Å². The zero-order valence-electron chi connectivity index (χ0n) is 13.8. The van der Waals surface area contributed by atoms with Gasteiger partial charge in [-0.1, -0.05) is 6.07 Å². The van der Waals surface area contributed by atoms with Gasteiger partial charge in [-0.3, -0.25) is 9.20 Å². The Morgan fingerprint density at radius 1 is 1.29 bits per heavy atom. The molecular weight excluding hydrogens is 326 g/mol. The maximum Gasteiger partial charge on any atom is 0.275 e. The van der Waals surface area contributed by atoms with Crippen molar-refractivity contribution in [3.63, 3.8) is 0 Å². The molecule has 2 heterocycles. The Morgan fingerprint density at radius 3 is 2.58 bits per heavy atom. The Morgan fingerprint density at radius 2 is 2.00 bits per heavy atom. The molecule has 0 aromatic carbocycles. The summed E-state index contributed by atoms with van der Waals surface area (Å²) in [6.07, 6.45) is 7.13. The number of pyridine rings is 1. The van der Waals surface area contributed by atoms with Crippen LogP contribution in [0.5, 0.6) is 0 Å². The summed E-state index contributed by atoms with van der Waals surface area (Å²) in [5, 5.41) is -0.0729. The van der Waals surface area contributed by atoms with Gasteiger partial charge in [0.1, 0.15) is 0 Å². The molecular formula is C17H21N3O3S. The number of sulfone groups is 1. The molecule has 2 aliphatic rings. The molecule has 0 spiro atoms. The van der Waals surface area contributed by atoms with Crippen molar-refractivity contribution in [3.05, 3.63) is 30.1 Å². The van der Waals surface area contributed by atoms with Gasteiger partial charge in [0.15, 0.2) is 5.69 Å². The fourth-order valence-corrected chi connectivity index (χ4v) is 4.17. The number of carbonyl (C=O) groups excluding carboxylic acids is 1. The number of carbonyl (C=O) groups is 1. The quantitative estimate of drug-likeness (QED) is 0.831. The molecule has 2 fully saturated rings. The van der Waals surface area contributed by atoms with E-state index in [-0.39, 0.29) is 28.8 Å². The van der Waals surface area contributed by atoms with Crippen LogP contribution >= 0.6 is 0 Å². The summed E-state index contributed by atoms with van der Waals surface area (Å²) in [4.78, 5) is 19.4. The van der Waals surface area contributed by atoms with Crippen molar-refractivity contribution >= 4 is 21.3 Å². The summed E-state index contributed by atoms with van der Waals surface area (Å²) in [5.74, 6) is 0.424. The molecule has 0 bridgehead atoms. The molecule has 1 atom stereocenters. The van der Waals surface area contributed by atoms with Crippen molar-refractivity contribution in [2.75, 3.05) is 6.26 Å². The number of imidazole rings is 1. The number of fused-ring (bicyclic) bond motifs is 1. The summed E-state index contributed by atoms with van der Waals surface area (Å²) in [5.41, 5.74) is 0.798. The predicted molar refractivity (Wildman–Crippen MR) is 89.7 cm³/mol. The van der Waals surface area contributed by atoms with Crippen LogP contribution in [0.1, 0.15) is 43.1 Å². The van der Waals surface area contributed by atoms with Gasteiger partial charge in [-0.2, -0.15) is 0 Å². The standard InChI is InChI=1S/C17H21N3O3S/c1-11(12-6-7-12)20(13-8-9-13)16(21)15-14-5-3-4-10-19(14)17(18-15)24(2,22)23/h3-5,10-13H,6-9H2,1-2H3/t11-/m0/s1. The van der Waals surface area contributed by atoms with Crippen LogP contribution in [0.15, 0.2) is 29.6 Å². The topological polar surface area (TPSA) is 71.8 Å². The lowest BCUT2D eigenvalue weighted by Gasteiger charge is -2.29. The maximum atomic E-state index is 13.2. The number of aromatic nitrogens is 2. The van der Waals surface area contributed by atoms with E-state index < -0.39 is 9.84 Å². The molecule has 6 nitrogen and oxygen atoms in total. The maximum absolute atomic E-state index is 13.2. The van der Waals surface area contributed by atoms with Crippen molar-refractivity contribution in [2.45, 2.75) is 49.8 Å². The van der Waals surface area contributed by atoms with Crippen LogP contribution in [-0.2, 0) is 9.84 Å². The van der Waals surface area contributed by atoms with Gasteiger partial charge < -0.3 is 4.90 Å². The van der Waals surface area contributed by atoms with Crippen molar-refractivity contribution in [3.8, 4) is 0 Å². The molecule has 0 radical (unpaired) electrons. The summed E-state index contributed by atoms with van der Waals surface area (Å²) in [6.45, 7) is 2.10. The lowest BCUT2D eigenvalue weighted by Crippen LogP contribution is -2.41. The Balaban J connectivity index is 1.81. The molecule has 24 heavy (non-hydrogen) atoms. The minimum absolute atomic E-state index is 0.0729. The molecule has 1 amide bonds. The summed E-state index contributed by atoms with van der Waals surface area (Å²) in [7, 11) is -3.52. The number of nitrogens with zero attached hydrogens (tertiary/aromatic N) is 3. The van der Waals surface area contributed by atoms with E-state index in [9.17, 15) is 13.2 Å². The zero-order chi connectivity index (χ0) is 17.1. The van der Waals surface area contributed by atoms with Gasteiger partial charge in [0.25, 0.3) is 5.91 Å². The largest absolute Gasteiger partial charge is 0.331 e. The highest BCUT2D eigenvalue weighted by Crippen LogP contribution is 2.40. The summed E-state index contributed by atoms with van der Waals surface area (Å²) < 4.78 is 25.6. The third-order valence-electron chi connectivity index (χ3n) is 4.97. The average Bonchev–Trinajstić information content (AvgIpc) is 3.42. The smallest absolute Gasteiger partial charge is 0.275 e. The third kappa shape index (κ3) is 2.60. The number of hydrogen-bond acceptors (Lipinski definition) is 4. The van der Waals surface area contributed by atoms with E-state index >= 15 is 0 Å². The van der Waals surface area contributed by atoms with Crippen molar-refractivity contribution in [1.29, 1.82) is 0 Å². The van der Waals surface area contributed by atoms with Crippen LogP contribution < -0.4 is 0 Å². The van der Waals surface area contributed by atoms with Crippen LogP contribution in [0.25, 0.3) is 5.52 Å². The lowest BCUT2D eigenvalue weighted by atomic mass is 10.1. The minimum Gasteiger partial charge on any atom is -0.331 e. The van der Waals surface area contributed by atoms with Gasteiger partial charge in [0, 0.05) is 24.5 Å². The lowest BCUT2D eigenvalue weighted by molar-refractivity contribution is 0.0650. The number of rotatable bonds is 5. The van der Waals surface area contributed by atoms with Crippen LogP contribution in [-0.4, -0.2) is 46.9 Å². The highest BCUT2D eigenvalue weighted by atomic mass is 32.2. The van der Waals surface area contributed by atoms with Crippen LogP contribution in [0.2, 0.25) is 0 Å².